The van der Waals surface area contributed by atoms with Crippen LogP contribution in [0.25, 0.3) is 28.0 Å². The number of aliphatic hydroxyl groups excluding tert-OH is 1. The number of rotatable bonds is 5. The van der Waals surface area contributed by atoms with E-state index in [-0.39, 0.29) is 6.61 Å². The highest BCUT2D eigenvalue weighted by Crippen LogP contribution is 2.33. The van der Waals surface area contributed by atoms with Crippen LogP contribution in [0.5, 0.6) is 0 Å². The van der Waals surface area contributed by atoms with Gasteiger partial charge in [-0.2, -0.15) is 9.61 Å². The van der Waals surface area contributed by atoms with Crippen LogP contribution in [-0.2, 0) is 0 Å². The second-order valence-electron chi connectivity index (χ2n) is 8.48. The summed E-state index contributed by atoms with van der Waals surface area (Å²) in [6.07, 6.45) is 0. The number of aromatic nitrogens is 3. The van der Waals surface area contributed by atoms with E-state index in [0.717, 1.165) is 72.3 Å². The quantitative estimate of drug-likeness (QED) is 0.525. The lowest BCUT2D eigenvalue weighted by Crippen LogP contribution is -2.47. The van der Waals surface area contributed by atoms with Crippen LogP contribution in [0.2, 0.25) is 0 Å². The number of piperazine rings is 1. The molecular formula is C26H29N5O. The summed E-state index contributed by atoms with van der Waals surface area (Å²) >= 11 is 0. The van der Waals surface area contributed by atoms with Crippen LogP contribution in [0, 0.1) is 13.8 Å². The Hall–Kier alpha value is -3.22. The number of anilines is 1. The molecular weight excluding hydrogens is 398 g/mol. The molecule has 164 valence electrons. The molecule has 6 nitrogen and oxygen atoms in total. The van der Waals surface area contributed by atoms with E-state index in [2.05, 4.69) is 78.2 Å². The van der Waals surface area contributed by atoms with Crippen molar-refractivity contribution >= 4 is 11.5 Å². The summed E-state index contributed by atoms with van der Waals surface area (Å²) in [6.45, 7) is 8.75. The summed E-state index contributed by atoms with van der Waals surface area (Å²) in [6, 6.07) is 21.1. The summed E-state index contributed by atoms with van der Waals surface area (Å²) in [4.78, 5) is 9.81. The predicted octanol–water partition coefficient (Wildman–Crippen LogP) is 3.79. The van der Waals surface area contributed by atoms with Crippen molar-refractivity contribution in [1.29, 1.82) is 0 Å². The number of aliphatic hydroxyl groups is 1. The highest BCUT2D eigenvalue weighted by atomic mass is 16.3. The molecule has 0 radical (unpaired) electrons. The van der Waals surface area contributed by atoms with Crippen molar-refractivity contribution in [3.8, 4) is 22.4 Å². The Kier molecular flexibility index (Phi) is 5.64. The Morgan fingerprint density at radius 2 is 1.62 bits per heavy atom. The Bertz CT molecular complexity index is 1230. The van der Waals surface area contributed by atoms with Crippen molar-refractivity contribution in [2.24, 2.45) is 0 Å². The zero-order valence-corrected chi connectivity index (χ0v) is 18.7. The molecule has 3 heterocycles. The van der Waals surface area contributed by atoms with Crippen LogP contribution >= 0.6 is 0 Å². The average Bonchev–Trinajstić information content (AvgIpc) is 3.15. The summed E-state index contributed by atoms with van der Waals surface area (Å²) in [5.41, 5.74) is 7.38. The number of fused-ring (bicyclic) bond motifs is 1. The Balaban J connectivity index is 1.67. The van der Waals surface area contributed by atoms with Crippen molar-refractivity contribution in [3.05, 3.63) is 71.9 Å². The molecule has 0 amide bonds. The molecule has 6 heteroatoms. The molecule has 1 fully saturated rings. The van der Waals surface area contributed by atoms with Crippen LogP contribution in [0.1, 0.15) is 11.3 Å². The van der Waals surface area contributed by atoms with Crippen LogP contribution in [0.3, 0.4) is 0 Å². The van der Waals surface area contributed by atoms with Crippen LogP contribution in [-0.4, -0.2) is 63.9 Å². The molecule has 1 N–H and O–H groups in total. The molecule has 1 saturated heterocycles. The highest BCUT2D eigenvalue weighted by Gasteiger charge is 2.23. The van der Waals surface area contributed by atoms with E-state index in [1.54, 1.807) is 0 Å². The lowest BCUT2D eigenvalue weighted by molar-refractivity contribution is 0.188. The lowest BCUT2D eigenvalue weighted by atomic mass is 10.1. The van der Waals surface area contributed by atoms with Crippen molar-refractivity contribution in [3.63, 3.8) is 0 Å². The number of β-amino-alcohol motifs (C(OH)–C–C–N with tert-alkyl or cyclic N) is 1. The standard InChI is InChI=1S/C26H29N5O/c1-19-7-6-10-22(17-19)23-18-24(30-13-11-29(12-14-30)15-16-32)31-26(27-23)25(20(2)28-31)21-8-4-3-5-9-21/h3-10,17-18,32H,11-16H2,1-2H3. The Labute approximate surface area is 188 Å². The first kappa shape index (κ1) is 20.7. The fourth-order valence-electron chi connectivity index (χ4n) is 4.57. The molecule has 1 aliphatic rings. The van der Waals surface area contributed by atoms with Gasteiger partial charge in [0.15, 0.2) is 5.65 Å². The highest BCUT2D eigenvalue weighted by molar-refractivity contribution is 5.83. The maximum Gasteiger partial charge on any atom is 0.166 e. The molecule has 32 heavy (non-hydrogen) atoms. The first-order chi connectivity index (χ1) is 15.6. The van der Waals surface area contributed by atoms with E-state index in [4.69, 9.17) is 10.1 Å². The minimum Gasteiger partial charge on any atom is -0.395 e. The predicted molar refractivity (Wildman–Crippen MR) is 129 cm³/mol. The van der Waals surface area contributed by atoms with Gasteiger partial charge in [0.25, 0.3) is 0 Å². The monoisotopic (exact) mass is 427 g/mol. The van der Waals surface area contributed by atoms with E-state index < -0.39 is 0 Å². The SMILES string of the molecule is Cc1cccc(-c2cc(N3CCN(CCO)CC3)n3nc(C)c(-c4ccccc4)c3n2)c1. The molecule has 0 atom stereocenters. The van der Waals surface area contributed by atoms with Gasteiger partial charge in [-0.1, -0.05) is 54.1 Å². The van der Waals surface area contributed by atoms with Gasteiger partial charge in [-0.05, 0) is 25.5 Å². The third-order valence-corrected chi connectivity index (χ3v) is 6.23. The van der Waals surface area contributed by atoms with E-state index >= 15 is 0 Å². The smallest absolute Gasteiger partial charge is 0.166 e. The third kappa shape index (κ3) is 3.87. The Morgan fingerprint density at radius 3 is 2.34 bits per heavy atom. The van der Waals surface area contributed by atoms with E-state index in [9.17, 15) is 5.11 Å². The van der Waals surface area contributed by atoms with Crippen LogP contribution < -0.4 is 4.90 Å². The summed E-state index contributed by atoms with van der Waals surface area (Å²) in [7, 11) is 0. The molecule has 2 aromatic carbocycles. The third-order valence-electron chi connectivity index (χ3n) is 6.23. The molecule has 0 unspecified atom stereocenters. The molecule has 1 aliphatic heterocycles. The second-order valence-corrected chi connectivity index (χ2v) is 8.48. The zero-order chi connectivity index (χ0) is 22.1. The van der Waals surface area contributed by atoms with Crippen LogP contribution in [0.15, 0.2) is 60.7 Å². The van der Waals surface area contributed by atoms with Gasteiger partial charge in [0.2, 0.25) is 0 Å². The first-order valence-corrected chi connectivity index (χ1v) is 11.2. The van der Waals surface area contributed by atoms with Gasteiger partial charge in [0, 0.05) is 49.9 Å². The van der Waals surface area contributed by atoms with Crippen LogP contribution in [0.4, 0.5) is 5.82 Å². The molecule has 5 rings (SSSR count). The minimum atomic E-state index is 0.204. The number of benzene rings is 2. The molecule has 0 bridgehead atoms. The van der Waals surface area contributed by atoms with E-state index in [0.29, 0.717) is 0 Å². The molecule has 0 saturated carbocycles. The van der Waals surface area contributed by atoms with E-state index in [1.165, 1.54) is 5.56 Å². The topological polar surface area (TPSA) is 56.9 Å². The number of hydrogen-bond acceptors (Lipinski definition) is 5. The minimum absolute atomic E-state index is 0.204. The van der Waals surface area contributed by atoms with Crippen molar-refractivity contribution in [2.45, 2.75) is 13.8 Å². The molecule has 2 aromatic heterocycles. The molecule has 0 spiro atoms. The van der Waals surface area contributed by atoms with Crippen molar-refractivity contribution in [2.75, 3.05) is 44.2 Å². The largest absolute Gasteiger partial charge is 0.395 e. The van der Waals surface area contributed by atoms with Gasteiger partial charge in [0.1, 0.15) is 5.82 Å². The number of aryl methyl sites for hydroxylation is 2. The van der Waals surface area contributed by atoms with Gasteiger partial charge in [0.05, 0.1) is 18.0 Å². The molecule has 0 aliphatic carbocycles. The van der Waals surface area contributed by atoms with E-state index in [1.807, 2.05) is 10.6 Å². The zero-order valence-electron chi connectivity index (χ0n) is 18.7. The fourth-order valence-corrected chi connectivity index (χ4v) is 4.57. The summed E-state index contributed by atoms with van der Waals surface area (Å²) < 4.78 is 2.01. The fraction of sp³-hybridized carbons (Fsp3) is 0.308. The van der Waals surface area contributed by atoms with Gasteiger partial charge in [-0.15, -0.1) is 0 Å². The first-order valence-electron chi connectivity index (χ1n) is 11.2. The number of hydrogen-bond donors (Lipinski definition) is 1. The average molecular weight is 428 g/mol. The maximum atomic E-state index is 9.29. The van der Waals surface area contributed by atoms with Crippen molar-refractivity contribution in [1.82, 2.24) is 19.5 Å². The maximum absolute atomic E-state index is 9.29. The van der Waals surface area contributed by atoms with Gasteiger partial charge >= 0.3 is 0 Å². The second kappa shape index (κ2) is 8.73. The normalized spacial score (nSPS) is 14.9. The van der Waals surface area contributed by atoms with Gasteiger partial charge in [-0.3, -0.25) is 4.90 Å². The summed E-state index contributed by atoms with van der Waals surface area (Å²) in [5, 5.41) is 14.2. The van der Waals surface area contributed by atoms with Crippen molar-refractivity contribution < 1.29 is 5.11 Å². The van der Waals surface area contributed by atoms with Gasteiger partial charge in [-0.25, -0.2) is 4.98 Å². The molecule has 4 aromatic rings. The van der Waals surface area contributed by atoms with Gasteiger partial charge < -0.3 is 10.0 Å². The summed E-state index contributed by atoms with van der Waals surface area (Å²) in [5.74, 6) is 1.07. The Morgan fingerprint density at radius 1 is 0.875 bits per heavy atom. The number of nitrogens with zero attached hydrogens (tertiary/aromatic N) is 5. The lowest BCUT2D eigenvalue weighted by Gasteiger charge is -2.35.